The van der Waals surface area contributed by atoms with Gasteiger partial charge in [0.1, 0.15) is 0 Å². The molecule has 1 aliphatic rings. The van der Waals surface area contributed by atoms with Gasteiger partial charge in [0.05, 0.1) is 5.69 Å². The summed E-state index contributed by atoms with van der Waals surface area (Å²) in [5.74, 6) is 1.36. The third kappa shape index (κ3) is 4.17. The highest BCUT2D eigenvalue weighted by Crippen LogP contribution is 2.34. The van der Waals surface area contributed by atoms with Crippen LogP contribution in [-0.2, 0) is 11.2 Å². The van der Waals surface area contributed by atoms with Crippen molar-refractivity contribution < 1.29 is 14.3 Å². The molecule has 5 nitrogen and oxygen atoms in total. The summed E-state index contributed by atoms with van der Waals surface area (Å²) in [6, 6.07) is 15.6. The molecule has 1 N–H and O–H groups in total. The van der Waals surface area contributed by atoms with Crippen LogP contribution >= 0.6 is 11.3 Å². The van der Waals surface area contributed by atoms with Crippen LogP contribution in [0.3, 0.4) is 0 Å². The number of aryl methyl sites for hydroxylation is 1. The lowest BCUT2D eigenvalue weighted by Gasteiger charge is -2.02. The van der Waals surface area contributed by atoms with Gasteiger partial charge in [0, 0.05) is 17.4 Å². The van der Waals surface area contributed by atoms with Gasteiger partial charge in [0.25, 0.3) is 0 Å². The number of nitrogens with one attached hydrogen (secondary N) is 1. The zero-order valence-corrected chi connectivity index (χ0v) is 15.6. The third-order valence-electron chi connectivity index (χ3n) is 4.15. The van der Waals surface area contributed by atoms with Crippen LogP contribution in [0.5, 0.6) is 11.5 Å². The molecule has 0 bridgehead atoms. The second-order valence-electron chi connectivity index (χ2n) is 6.13. The number of nitrogens with zero attached hydrogens (tertiary/aromatic N) is 1. The molecule has 0 spiro atoms. The van der Waals surface area contributed by atoms with Crippen molar-refractivity contribution in [3.8, 4) is 11.5 Å². The minimum absolute atomic E-state index is 0.192. The van der Waals surface area contributed by atoms with Crippen molar-refractivity contribution >= 4 is 28.5 Å². The van der Waals surface area contributed by atoms with Crippen molar-refractivity contribution in [1.82, 2.24) is 4.98 Å². The minimum atomic E-state index is -0.192. The molecule has 1 aromatic heterocycles. The normalized spacial score (nSPS) is 12.5. The summed E-state index contributed by atoms with van der Waals surface area (Å²) in [6.07, 6.45) is 4.03. The summed E-state index contributed by atoms with van der Waals surface area (Å²) in [5, 5.41) is 3.44. The average Bonchev–Trinajstić information content (AvgIpc) is 3.27. The van der Waals surface area contributed by atoms with Gasteiger partial charge in [-0.2, -0.15) is 0 Å². The van der Waals surface area contributed by atoms with Crippen LogP contribution in [0.1, 0.15) is 21.7 Å². The number of thiazole rings is 1. The number of hydrogen-bond donors (Lipinski definition) is 1. The van der Waals surface area contributed by atoms with Gasteiger partial charge < -0.3 is 9.47 Å². The molecule has 0 aliphatic carbocycles. The van der Waals surface area contributed by atoms with E-state index >= 15 is 0 Å². The van der Waals surface area contributed by atoms with Crippen LogP contribution in [0.2, 0.25) is 0 Å². The molecule has 0 saturated carbocycles. The molecule has 2 heterocycles. The Kier molecular flexibility index (Phi) is 4.89. The first-order valence-electron chi connectivity index (χ1n) is 8.56. The molecule has 136 valence electrons. The lowest BCUT2D eigenvalue weighted by Crippen LogP contribution is -2.07. The number of aromatic nitrogens is 1. The monoisotopic (exact) mass is 378 g/mol. The third-order valence-corrected chi connectivity index (χ3v) is 5.22. The molecule has 27 heavy (non-hydrogen) atoms. The minimum Gasteiger partial charge on any atom is -0.454 e. The predicted octanol–water partition coefficient (Wildman–Crippen LogP) is 4.42. The highest BCUT2D eigenvalue weighted by Gasteiger charge is 2.15. The van der Waals surface area contributed by atoms with Gasteiger partial charge in [0.15, 0.2) is 16.6 Å². The summed E-state index contributed by atoms with van der Waals surface area (Å²) >= 11 is 1.49. The van der Waals surface area contributed by atoms with Gasteiger partial charge in [-0.15, -0.1) is 11.3 Å². The lowest BCUT2D eigenvalue weighted by molar-refractivity contribution is -0.111. The second kappa shape index (κ2) is 7.63. The zero-order valence-electron chi connectivity index (χ0n) is 14.8. The Bertz CT molecular complexity index is 996. The van der Waals surface area contributed by atoms with Gasteiger partial charge in [0.2, 0.25) is 12.7 Å². The molecule has 2 aromatic carbocycles. The van der Waals surface area contributed by atoms with Crippen LogP contribution in [0, 0.1) is 6.92 Å². The number of rotatable bonds is 5. The molecule has 0 fully saturated rings. The standard InChI is InChI=1S/C21H18N2O3S/c1-14-19(12-16-7-9-17-18(11-16)26-13-25-17)27-21(22-14)23-20(24)10-8-15-5-3-2-4-6-15/h2-11H,12-13H2,1H3,(H,22,23,24)/b10-8+. The molecule has 1 aliphatic heterocycles. The molecule has 0 saturated heterocycles. The maximum Gasteiger partial charge on any atom is 0.250 e. The molecule has 4 rings (SSSR count). The molecule has 0 atom stereocenters. The van der Waals surface area contributed by atoms with Crippen molar-refractivity contribution in [1.29, 1.82) is 0 Å². The van der Waals surface area contributed by atoms with E-state index in [4.69, 9.17) is 9.47 Å². The largest absolute Gasteiger partial charge is 0.454 e. The quantitative estimate of drug-likeness (QED) is 0.668. The average molecular weight is 378 g/mol. The van der Waals surface area contributed by atoms with Gasteiger partial charge in [-0.25, -0.2) is 4.98 Å². The number of benzene rings is 2. The number of fused-ring (bicyclic) bond motifs is 1. The maximum atomic E-state index is 12.1. The highest BCUT2D eigenvalue weighted by molar-refractivity contribution is 7.15. The van der Waals surface area contributed by atoms with Crippen LogP contribution in [0.15, 0.2) is 54.6 Å². The molecular weight excluding hydrogens is 360 g/mol. The highest BCUT2D eigenvalue weighted by atomic mass is 32.1. The lowest BCUT2D eigenvalue weighted by atomic mass is 10.1. The van der Waals surface area contributed by atoms with Crippen LogP contribution in [0.25, 0.3) is 6.08 Å². The fourth-order valence-electron chi connectivity index (χ4n) is 2.76. The first kappa shape index (κ1) is 17.3. The van der Waals surface area contributed by atoms with E-state index < -0.39 is 0 Å². The summed E-state index contributed by atoms with van der Waals surface area (Å²) in [5.41, 5.74) is 3.01. The van der Waals surface area contributed by atoms with E-state index in [1.165, 1.54) is 17.4 Å². The number of carbonyl (C=O) groups is 1. The molecule has 6 heteroatoms. The second-order valence-corrected chi connectivity index (χ2v) is 7.21. The van der Waals surface area contributed by atoms with Crippen molar-refractivity contribution in [2.24, 2.45) is 0 Å². The Balaban J connectivity index is 1.42. The number of ether oxygens (including phenoxy) is 2. The van der Waals surface area contributed by atoms with Crippen LogP contribution < -0.4 is 14.8 Å². The van der Waals surface area contributed by atoms with Crippen molar-refractivity contribution in [3.63, 3.8) is 0 Å². The summed E-state index contributed by atoms with van der Waals surface area (Å²) in [4.78, 5) is 17.7. The fraction of sp³-hybridized carbons (Fsp3) is 0.143. The zero-order chi connectivity index (χ0) is 18.6. The van der Waals surface area contributed by atoms with Crippen molar-refractivity contribution in [2.45, 2.75) is 13.3 Å². The molecule has 3 aromatic rings. The summed E-state index contributed by atoms with van der Waals surface area (Å²) in [7, 11) is 0. The Morgan fingerprint density at radius 1 is 1.19 bits per heavy atom. The van der Waals surface area contributed by atoms with Gasteiger partial charge in [-0.3, -0.25) is 10.1 Å². The Morgan fingerprint density at radius 2 is 2.00 bits per heavy atom. The Morgan fingerprint density at radius 3 is 2.85 bits per heavy atom. The number of anilines is 1. The fourth-order valence-corrected chi connectivity index (χ4v) is 3.76. The number of amides is 1. The first-order chi connectivity index (χ1) is 13.2. The molecular formula is C21H18N2O3S. The maximum absolute atomic E-state index is 12.1. The smallest absolute Gasteiger partial charge is 0.250 e. The van der Waals surface area contributed by atoms with Crippen LogP contribution in [-0.4, -0.2) is 17.7 Å². The van der Waals surface area contributed by atoms with E-state index in [1.54, 1.807) is 6.08 Å². The van der Waals surface area contributed by atoms with Gasteiger partial charge >= 0.3 is 0 Å². The topological polar surface area (TPSA) is 60.5 Å². The van der Waals surface area contributed by atoms with Gasteiger partial charge in [-0.05, 0) is 36.3 Å². The van der Waals surface area contributed by atoms with Crippen molar-refractivity contribution in [3.05, 3.63) is 76.3 Å². The number of carbonyl (C=O) groups excluding carboxylic acids is 1. The van der Waals surface area contributed by atoms with Gasteiger partial charge in [-0.1, -0.05) is 36.4 Å². The van der Waals surface area contributed by atoms with Crippen molar-refractivity contribution in [2.75, 3.05) is 12.1 Å². The van der Waals surface area contributed by atoms with E-state index in [1.807, 2.05) is 55.5 Å². The summed E-state index contributed by atoms with van der Waals surface area (Å²) < 4.78 is 10.8. The SMILES string of the molecule is Cc1nc(NC(=O)/C=C/c2ccccc2)sc1Cc1ccc2c(c1)OCO2. The van der Waals surface area contributed by atoms with E-state index in [0.717, 1.165) is 39.6 Å². The summed E-state index contributed by atoms with van der Waals surface area (Å²) in [6.45, 7) is 2.22. The Labute approximate surface area is 161 Å². The Hall–Kier alpha value is -3.12. The molecule has 0 unspecified atom stereocenters. The predicted molar refractivity (Wildman–Crippen MR) is 106 cm³/mol. The molecule has 1 amide bonds. The van der Waals surface area contributed by atoms with Crippen LogP contribution in [0.4, 0.5) is 5.13 Å². The number of hydrogen-bond acceptors (Lipinski definition) is 5. The van der Waals surface area contributed by atoms with E-state index in [9.17, 15) is 4.79 Å². The van der Waals surface area contributed by atoms with E-state index in [2.05, 4.69) is 10.3 Å². The first-order valence-corrected chi connectivity index (χ1v) is 9.38. The van der Waals surface area contributed by atoms with E-state index in [0.29, 0.717) is 5.13 Å². The molecule has 0 radical (unpaired) electrons. The van der Waals surface area contributed by atoms with E-state index in [-0.39, 0.29) is 12.7 Å².